The molecule has 0 N–H and O–H groups in total. The van der Waals surface area contributed by atoms with Crippen LogP contribution in [0.2, 0.25) is 0 Å². The largest absolute Gasteiger partial charge is 0.497 e. The summed E-state index contributed by atoms with van der Waals surface area (Å²) in [6.45, 7) is 1.02. The second kappa shape index (κ2) is 7.09. The molecule has 2 heterocycles. The molecule has 0 spiro atoms. The van der Waals surface area contributed by atoms with Crippen LogP contribution in [-0.2, 0) is 6.67 Å². The van der Waals surface area contributed by atoms with Crippen LogP contribution in [0, 0.1) is 0 Å². The molecule has 0 atom stereocenters. The van der Waals surface area contributed by atoms with Gasteiger partial charge >= 0.3 is 0 Å². The molecule has 7 heteroatoms. The van der Waals surface area contributed by atoms with E-state index in [4.69, 9.17) is 4.74 Å². The average molecular weight is 430 g/mol. The van der Waals surface area contributed by atoms with E-state index in [2.05, 4.69) is 25.8 Å². The Hall–Kier alpha value is -2.38. The molecule has 0 amide bonds. The van der Waals surface area contributed by atoms with Gasteiger partial charge in [0.1, 0.15) is 19.1 Å². The number of thiazole rings is 1. The quantitative estimate of drug-likeness (QED) is 0.642. The highest BCUT2D eigenvalue weighted by atomic mass is 79.9. The molecule has 0 saturated heterocycles. The maximum atomic E-state index is 12.8. The molecule has 1 aromatic heterocycles. The second-order valence-corrected chi connectivity index (χ2v) is 7.79. The Labute approximate surface area is 162 Å². The number of aromatic nitrogens is 1. The summed E-state index contributed by atoms with van der Waals surface area (Å²) in [5.41, 5.74) is 1.99. The molecule has 132 valence electrons. The fourth-order valence-electron chi connectivity index (χ4n) is 2.82. The molecule has 1 aliphatic heterocycles. The van der Waals surface area contributed by atoms with Crippen molar-refractivity contribution in [1.82, 2.24) is 4.57 Å². The van der Waals surface area contributed by atoms with Crippen molar-refractivity contribution in [3.63, 3.8) is 0 Å². The minimum Gasteiger partial charge on any atom is -0.497 e. The SMILES string of the molecule is COc1ccc(N2CN=c3sc(=Cc4cccc(Br)c4)c(=O)n3C2)cc1. The van der Waals surface area contributed by atoms with E-state index in [1.807, 2.05) is 54.6 Å². The number of ether oxygens (including phenoxy) is 1. The number of fused-ring (bicyclic) bond motifs is 1. The van der Waals surface area contributed by atoms with Gasteiger partial charge in [-0.15, -0.1) is 0 Å². The molecule has 0 unspecified atom stereocenters. The molecule has 0 fully saturated rings. The molecule has 4 rings (SSSR count). The lowest BCUT2D eigenvalue weighted by Crippen LogP contribution is -2.42. The van der Waals surface area contributed by atoms with Crippen LogP contribution in [0.5, 0.6) is 5.75 Å². The summed E-state index contributed by atoms with van der Waals surface area (Å²) in [5, 5.41) is 0. The van der Waals surface area contributed by atoms with Crippen LogP contribution in [0.3, 0.4) is 0 Å². The van der Waals surface area contributed by atoms with Crippen LogP contribution in [0.15, 0.2) is 62.8 Å². The van der Waals surface area contributed by atoms with Crippen LogP contribution in [0.1, 0.15) is 5.56 Å². The summed E-state index contributed by atoms with van der Waals surface area (Å²) < 4.78 is 8.60. The smallest absolute Gasteiger partial charge is 0.271 e. The first-order valence-electron chi connectivity index (χ1n) is 8.04. The van der Waals surface area contributed by atoms with Gasteiger partial charge in [-0.1, -0.05) is 39.4 Å². The van der Waals surface area contributed by atoms with Crippen molar-refractivity contribution in [3.05, 3.63) is 78.3 Å². The fourth-order valence-corrected chi connectivity index (χ4v) is 4.20. The highest BCUT2D eigenvalue weighted by Gasteiger charge is 2.16. The summed E-state index contributed by atoms with van der Waals surface area (Å²) in [6.07, 6.45) is 1.91. The van der Waals surface area contributed by atoms with E-state index in [1.165, 1.54) is 11.3 Å². The molecule has 0 radical (unpaired) electrons. The molecule has 26 heavy (non-hydrogen) atoms. The molecule has 3 aromatic rings. The van der Waals surface area contributed by atoms with Gasteiger partial charge in [0, 0.05) is 10.2 Å². The highest BCUT2D eigenvalue weighted by molar-refractivity contribution is 9.10. The maximum Gasteiger partial charge on any atom is 0.271 e. The number of hydrogen-bond acceptors (Lipinski definition) is 5. The summed E-state index contributed by atoms with van der Waals surface area (Å²) in [6, 6.07) is 15.7. The van der Waals surface area contributed by atoms with E-state index in [9.17, 15) is 4.79 Å². The standard InChI is InChI=1S/C19H16BrN3O2S/c1-25-16-7-5-15(6-8-16)22-11-21-19-23(12-22)18(24)17(26-19)10-13-3-2-4-14(20)9-13/h2-10H,11-12H2,1H3. The van der Waals surface area contributed by atoms with Gasteiger partial charge in [0.05, 0.1) is 11.6 Å². The Bertz CT molecular complexity index is 1120. The average Bonchev–Trinajstić information content (AvgIpc) is 2.97. The lowest BCUT2D eigenvalue weighted by Gasteiger charge is -2.25. The summed E-state index contributed by atoms with van der Waals surface area (Å²) in [7, 11) is 1.64. The Morgan fingerprint density at radius 2 is 2.04 bits per heavy atom. The van der Waals surface area contributed by atoms with Gasteiger partial charge in [0.2, 0.25) is 0 Å². The number of methoxy groups -OCH3 is 1. The number of hydrogen-bond donors (Lipinski definition) is 0. The van der Waals surface area contributed by atoms with Crippen molar-refractivity contribution in [2.45, 2.75) is 6.67 Å². The van der Waals surface area contributed by atoms with E-state index < -0.39 is 0 Å². The van der Waals surface area contributed by atoms with Crippen LogP contribution in [0.25, 0.3) is 6.08 Å². The number of rotatable bonds is 3. The summed E-state index contributed by atoms with van der Waals surface area (Å²) in [4.78, 5) is 20.2. The van der Waals surface area contributed by atoms with Gasteiger partial charge in [0.15, 0.2) is 4.80 Å². The third-order valence-corrected chi connectivity index (χ3v) is 5.70. The molecular weight excluding hydrogens is 414 g/mol. The lowest BCUT2D eigenvalue weighted by molar-refractivity contribution is 0.414. The Kier molecular flexibility index (Phi) is 4.65. The van der Waals surface area contributed by atoms with E-state index in [0.29, 0.717) is 17.9 Å². The lowest BCUT2D eigenvalue weighted by atomic mass is 10.2. The zero-order valence-electron chi connectivity index (χ0n) is 14.1. The molecule has 0 saturated carbocycles. The molecule has 0 bridgehead atoms. The Balaban J connectivity index is 1.68. The number of nitrogens with zero attached hydrogens (tertiary/aromatic N) is 3. The van der Waals surface area contributed by atoms with Crippen molar-refractivity contribution in [3.8, 4) is 5.75 Å². The third kappa shape index (κ3) is 3.32. The van der Waals surface area contributed by atoms with Crippen molar-refractivity contribution in [2.24, 2.45) is 4.99 Å². The number of anilines is 1. The fraction of sp³-hybridized carbons (Fsp3) is 0.158. The van der Waals surface area contributed by atoms with Crippen LogP contribution in [0.4, 0.5) is 5.69 Å². The van der Waals surface area contributed by atoms with E-state index >= 15 is 0 Å². The first-order valence-corrected chi connectivity index (χ1v) is 9.65. The van der Waals surface area contributed by atoms with Gasteiger partial charge in [0.25, 0.3) is 5.56 Å². The summed E-state index contributed by atoms with van der Waals surface area (Å²) in [5.74, 6) is 0.807. The minimum atomic E-state index is -0.00747. The molecule has 2 aromatic carbocycles. The topological polar surface area (TPSA) is 46.8 Å². The van der Waals surface area contributed by atoms with Gasteiger partial charge in [-0.3, -0.25) is 9.36 Å². The predicted octanol–water partition coefficient (Wildman–Crippen LogP) is 2.56. The Morgan fingerprint density at radius 3 is 2.77 bits per heavy atom. The zero-order valence-corrected chi connectivity index (χ0v) is 16.5. The Morgan fingerprint density at radius 1 is 1.23 bits per heavy atom. The van der Waals surface area contributed by atoms with Crippen molar-refractivity contribution in [2.75, 3.05) is 18.7 Å². The van der Waals surface area contributed by atoms with Gasteiger partial charge in [-0.25, -0.2) is 4.99 Å². The van der Waals surface area contributed by atoms with E-state index in [0.717, 1.165) is 26.3 Å². The van der Waals surface area contributed by atoms with Crippen LogP contribution in [-0.4, -0.2) is 18.3 Å². The normalized spacial score (nSPS) is 14.1. The highest BCUT2D eigenvalue weighted by Crippen LogP contribution is 2.20. The maximum absolute atomic E-state index is 12.8. The van der Waals surface area contributed by atoms with Crippen molar-refractivity contribution >= 4 is 39.0 Å². The first kappa shape index (κ1) is 17.1. The van der Waals surface area contributed by atoms with Crippen molar-refractivity contribution in [1.29, 1.82) is 0 Å². The van der Waals surface area contributed by atoms with E-state index in [1.54, 1.807) is 11.7 Å². The zero-order chi connectivity index (χ0) is 18.1. The monoisotopic (exact) mass is 429 g/mol. The molecule has 0 aliphatic carbocycles. The minimum absolute atomic E-state index is 0.00747. The molecule has 1 aliphatic rings. The predicted molar refractivity (Wildman–Crippen MR) is 107 cm³/mol. The van der Waals surface area contributed by atoms with Gasteiger partial charge < -0.3 is 9.64 Å². The molecule has 5 nitrogen and oxygen atoms in total. The number of halogens is 1. The number of benzene rings is 2. The van der Waals surface area contributed by atoms with E-state index in [-0.39, 0.29) is 5.56 Å². The summed E-state index contributed by atoms with van der Waals surface area (Å²) >= 11 is 4.89. The van der Waals surface area contributed by atoms with Gasteiger partial charge in [-0.05, 0) is 48.0 Å². The van der Waals surface area contributed by atoms with Crippen molar-refractivity contribution < 1.29 is 4.74 Å². The third-order valence-electron chi connectivity index (χ3n) is 4.16. The molecular formula is C19H16BrN3O2S. The van der Waals surface area contributed by atoms with Crippen LogP contribution >= 0.6 is 27.3 Å². The first-order chi connectivity index (χ1) is 12.6. The van der Waals surface area contributed by atoms with Crippen LogP contribution < -0.4 is 24.5 Å². The van der Waals surface area contributed by atoms with Gasteiger partial charge in [-0.2, -0.15) is 0 Å². The second-order valence-electron chi connectivity index (χ2n) is 5.86.